The molecular formula is C7H14O5S. The lowest BCUT2D eigenvalue weighted by molar-refractivity contribution is -0.284. The Bertz CT molecular complexity index is 147. The molecule has 0 aromatic heterocycles. The van der Waals surface area contributed by atoms with Gasteiger partial charge < -0.3 is 24.8 Å². The Morgan fingerprint density at radius 1 is 1.23 bits per heavy atom. The first kappa shape index (κ1) is 11.2. The fraction of sp³-hybridized carbons (Fsp3) is 1.00. The van der Waals surface area contributed by atoms with E-state index in [9.17, 15) is 15.3 Å². The van der Waals surface area contributed by atoms with Crippen LogP contribution >= 0.6 is 12.6 Å². The molecule has 0 aromatic carbocycles. The molecule has 1 heterocycles. The van der Waals surface area contributed by atoms with Crippen LogP contribution in [0.25, 0.3) is 0 Å². The molecule has 0 aromatic rings. The lowest BCUT2D eigenvalue weighted by Crippen LogP contribution is -2.58. The summed E-state index contributed by atoms with van der Waals surface area (Å²) in [5.74, 6) is 0.255. The molecule has 1 fully saturated rings. The molecule has 1 rings (SSSR count). The summed E-state index contributed by atoms with van der Waals surface area (Å²) in [7, 11) is 1.36. The lowest BCUT2D eigenvalue weighted by Gasteiger charge is -2.39. The van der Waals surface area contributed by atoms with Crippen molar-refractivity contribution >= 4 is 12.6 Å². The normalized spacial score (nSPS) is 46.4. The predicted octanol–water partition coefficient (Wildman–Crippen LogP) is -1.63. The number of hydrogen-bond donors (Lipinski definition) is 4. The highest BCUT2D eigenvalue weighted by Gasteiger charge is 2.43. The molecule has 0 aliphatic carbocycles. The summed E-state index contributed by atoms with van der Waals surface area (Å²) in [5.41, 5.74) is 0. The quantitative estimate of drug-likeness (QED) is 0.412. The summed E-state index contributed by atoms with van der Waals surface area (Å²) in [6.07, 6.45) is -5.13. The number of rotatable bonds is 2. The van der Waals surface area contributed by atoms with Crippen LogP contribution in [0.1, 0.15) is 0 Å². The van der Waals surface area contributed by atoms with Gasteiger partial charge in [-0.2, -0.15) is 12.6 Å². The average molecular weight is 210 g/mol. The van der Waals surface area contributed by atoms with E-state index in [-0.39, 0.29) is 5.75 Å². The van der Waals surface area contributed by atoms with Crippen LogP contribution in [-0.2, 0) is 9.47 Å². The topological polar surface area (TPSA) is 79.2 Å². The Hall–Kier alpha value is 0.150. The molecule has 2 unspecified atom stereocenters. The summed E-state index contributed by atoms with van der Waals surface area (Å²) in [6.45, 7) is 0. The lowest BCUT2D eigenvalue weighted by atomic mass is 10.00. The Morgan fingerprint density at radius 2 is 1.85 bits per heavy atom. The van der Waals surface area contributed by atoms with Crippen LogP contribution < -0.4 is 0 Å². The van der Waals surface area contributed by atoms with E-state index in [0.717, 1.165) is 0 Å². The van der Waals surface area contributed by atoms with Crippen LogP contribution in [0.15, 0.2) is 0 Å². The van der Waals surface area contributed by atoms with Gasteiger partial charge in [0.15, 0.2) is 6.29 Å². The second kappa shape index (κ2) is 4.59. The molecule has 0 spiro atoms. The van der Waals surface area contributed by atoms with Crippen LogP contribution in [0.3, 0.4) is 0 Å². The summed E-state index contributed by atoms with van der Waals surface area (Å²) in [5, 5.41) is 28.1. The molecule has 5 atom stereocenters. The minimum absolute atomic E-state index is 0.255. The van der Waals surface area contributed by atoms with Crippen LogP contribution in [0.4, 0.5) is 0 Å². The minimum Gasteiger partial charge on any atom is -0.388 e. The average Bonchev–Trinajstić information content (AvgIpc) is 2.15. The SMILES string of the molecule is CO[C@H]1OC(CS)[C@@H](O)[C@H](O)C1O. The third-order valence-corrected chi connectivity index (χ3v) is 2.44. The number of thiol groups is 1. The molecule has 6 heteroatoms. The standard InChI is InChI=1S/C7H14O5S/c1-11-7-6(10)5(9)4(8)3(2-13)12-7/h3-10,13H,2H2,1H3/t3?,4-,5+,6?,7+/m1/s1. The van der Waals surface area contributed by atoms with E-state index in [1.165, 1.54) is 7.11 Å². The number of hydrogen-bond acceptors (Lipinski definition) is 6. The number of methoxy groups -OCH3 is 1. The van der Waals surface area contributed by atoms with Crippen LogP contribution in [0, 0.1) is 0 Å². The van der Waals surface area contributed by atoms with Gasteiger partial charge in [0.2, 0.25) is 0 Å². The van der Waals surface area contributed by atoms with Gasteiger partial charge in [-0.1, -0.05) is 0 Å². The van der Waals surface area contributed by atoms with Gasteiger partial charge in [-0.05, 0) is 0 Å². The second-order valence-corrected chi connectivity index (χ2v) is 3.30. The Labute approximate surface area is 81.7 Å². The smallest absolute Gasteiger partial charge is 0.186 e. The fourth-order valence-corrected chi connectivity index (χ4v) is 1.56. The van der Waals surface area contributed by atoms with E-state index in [4.69, 9.17) is 9.47 Å². The van der Waals surface area contributed by atoms with Crippen molar-refractivity contribution in [3.63, 3.8) is 0 Å². The van der Waals surface area contributed by atoms with Gasteiger partial charge in [-0.3, -0.25) is 0 Å². The van der Waals surface area contributed by atoms with Crippen molar-refractivity contribution in [3.8, 4) is 0 Å². The summed E-state index contributed by atoms with van der Waals surface area (Å²) >= 11 is 3.94. The van der Waals surface area contributed by atoms with Gasteiger partial charge in [0.1, 0.15) is 18.3 Å². The third kappa shape index (κ3) is 2.15. The molecule has 1 aliphatic heterocycles. The molecule has 78 valence electrons. The van der Waals surface area contributed by atoms with Crippen LogP contribution in [0.5, 0.6) is 0 Å². The van der Waals surface area contributed by atoms with Gasteiger partial charge in [-0.15, -0.1) is 0 Å². The third-order valence-electron chi connectivity index (χ3n) is 2.08. The van der Waals surface area contributed by atoms with Crippen LogP contribution in [-0.4, -0.2) is 58.9 Å². The van der Waals surface area contributed by atoms with Crippen molar-refractivity contribution in [1.29, 1.82) is 0 Å². The molecule has 0 saturated carbocycles. The molecule has 0 radical (unpaired) electrons. The summed E-state index contributed by atoms with van der Waals surface area (Å²) < 4.78 is 9.90. The van der Waals surface area contributed by atoms with E-state index in [1.807, 2.05) is 0 Å². The number of ether oxygens (including phenoxy) is 2. The monoisotopic (exact) mass is 210 g/mol. The second-order valence-electron chi connectivity index (χ2n) is 2.93. The Morgan fingerprint density at radius 3 is 2.31 bits per heavy atom. The van der Waals surface area contributed by atoms with E-state index in [1.54, 1.807) is 0 Å². The van der Waals surface area contributed by atoms with Crippen molar-refractivity contribution in [1.82, 2.24) is 0 Å². The van der Waals surface area contributed by atoms with Crippen molar-refractivity contribution in [2.24, 2.45) is 0 Å². The van der Waals surface area contributed by atoms with Gasteiger partial charge >= 0.3 is 0 Å². The highest BCUT2D eigenvalue weighted by Crippen LogP contribution is 2.21. The largest absolute Gasteiger partial charge is 0.388 e. The van der Waals surface area contributed by atoms with Gasteiger partial charge in [0.05, 0.1) is 6.10 Å². The number of aliphatic hydroxyl groups excluding tert-OH is 3. The maximum atomic E-state index is 9.38. The number of aliphatic hydroxyl groups is 3. The molecular weight excluding hydrogens is 196 g/mol. The molecule has 0 bridgehead atoms. The van der Waals surface area contributed by atoms with E-state index < -0.39 is 30.7 Å². The molecule has 1 aliphatic rings. The minimum atomic E-state index is -1.25. The Kier molecular flexibility index (Phi) is 3.96. The summed E-state index contributed by atoms with van der Waals surface area (Å²) in [4.78, 5) is 0. The molecule has 1 saturated heterocycles. The highest BCUT2D eigenvalue weighted by molar-refractivity contribution is 7.80. The zero-order chi connectivity index (χ0) is 10.0. The van der Waals surface area contributed by atoms with E-state index in [2.05, 4.69) is 12.6 Å². The highest BCUT2D eigenvalue weighted by atomic mass is 32.1. The zero-order valence-corrected chi connectivity index (χ0v) is 8.09. The van der Waals surface area contributed by atoms with Crippen molar-refractivity contribution < 1.29 is 24.8 Å². The predicted molar refractivity (Wildman–Crippen MR) is 47.5 cm³/mol. The van der Waals surface area contributed by atoms with Gasteiger partial charge in [0.25, 0.3) is 0 Å². The fourth-order valence-electron chi connectivity index (χ4n) is 1.26. The maximum Gasteiger partial charge on any atom is 0.186 e. The first-order valence-corrected chi connectivity index (χ1v) is 4.58. The maximum absolute atomic E-state index is 9.38. The molecule has 3 N–H and O–H groups in total. The zero-order valence-electron chi connectivity index (χ0n) is 7.20. The van der Waals surface area contributed by atoms with E-state index >= 15 is 0 Å². The summed E-state index contributed by atoms with van der Waals surface area (Å²) in [6, 6.07) is 0. The van der Waals surface area contributed by atoms with Gasteiger partial charge in [-0.25, -0.2) is 0 Å². The van der Waals surface area contributed by atoms with Gasteiger partial charge in [0, 0.05) is 12.9 Å². The molecule has 0 amide bonds. The molecule has 13 heavy (non-hydrogen) atoms. The molecule has 5 nitrogen and oxygen atoms in total. The van der Waals surface area contributed by atoms with Crippen molar-refractivity contribution in [2.45, 2.75) is 30.7 Å². The van der Waals surface area contributed by atoms with Crippen molar-refractivity contribution in [3.05, 3.63) is 0 Å². The van der Waals surface area contributed by atoms with E-state index in [0.29, 0.717) is 0 Å². The first-order chi connectivity index (χ1) is 6.11. The first-order valence-electron chi connectivity index (χ1n) is 3.95. The Balaban J connectivity index is 2.66. The van der Waals surface area contributed by atoms with Crippen molar-refractivity contribution in [2.75, 3.05) is 12.9 Å². The van der Waals surface area contributed by atoms with Crippen LogP contribution in [0.2, 0.25) is 0 Å².